The van der Waals surface area contributed by atoms with Gasteiger partial charge in [0, 0.05) is 11.6 Å². The van der Waals surface area contributed by atoms with Crippen molar-refractivity contribution in [2.45, 2.75) is 6.92 Å². The smallest absolute Gasteiger partial charge is 0.145 e. The zero-order valence-corrected chi connectivity index (χ0v) is 8.47. The molecule has 0 amide bonds. The molecule has 0 unspecified atom stereocenters. The molecule has 0 bridgehead atoms. The Hall–Kier alpha value is -1.96. The third-order valence-electron chi connectivity index (χ3n) is 2.25. The van der Waals surface area contributed by atoms with Crippen LogP contribution in [0.2, 0.25) is 0 Å². The number of pyridine rings is 1. The predicted octanol–water partition coefficient (Wildman–Crippen LogP) is 2.84. The molecular weight excluding hydrogens is 186 g/mol. The molecule has 0 saturated carbocycles. The highest BCUT2D eigenvalue weighted by Gasteiger charge is 1.98. The van der Waals surface area contributed by atoms with E-state index in [-0.39, 0.29) is 0 Å². The van der Waals surface area contributed by atoms with Crippen LogP contribution in [0.1, 0.15) is 12.5 Å². The van der Waals surface area contributed by atoms with E-state index in [2.05, 4.69) is 4.98 Å². The molecular formula is C13H11NO. The first kappa shape index (κ1) is 9.59. The summed E-state index contributed by atoms with van der Waals surface area (Å²) < 4.78 is 0. The number of carbonyl (C=O) groups is 1. The quantitative estimate of drug-likeness (QED) is 0.547. The van der Waals surface area contributed by atoms with E-state index in [1.165, 1.54) is 0 Å². The summed E-state index contributed by atoms with van der Waals surface area (Å²) in [6.45, 7) is 1.79. The molecule has 1 aromatic heterocycles. The molecule has 15 heavy (non-hydrogen) atoms. The van der Waals surface area contributed by atoms with Gasteiger partial charge in [-0.15, -0.1) is 0 Å². The highest BCUT2D eigenvalue weighted by atomic mass is 16.1. The summed E-state index contributed by atoms with van der Waals surface area (Å²) in [5.74, 6) is 0. The van der Waals surface area contributed by atoms with Crippen molar-refractivity contribution in [2.75, 3.05) is 0 Å². The summed E-state index contributed by atoms with van der Waals surface area (Å²) in [5.41, 5.74) is 2.70. The molecule has 0 spiro atoms. The summed E-state index contributed by atoms with van der Waals surface area (Å²) in [7, 11) is 0. The van der Waals surface area contributed by atoms with Gasteiger partial charge in [-0.3, -0.25) is 9.78 Å². The summed E-state index contributed by atoms with van der Waals surface area (Å²) >= 11 is 0. The van der Waals surface area contributed by atoms with Crippen molar-refractivity contribution in [2.24, 2.45) is 0 Å². The molecule has 2 rings (SSSR count). The molecule has 2 heteroatoms. The first-order valence-corrected chi connectivity index (χ1v) is 4.78. The largest absolute Gasteiger partial charge is 0.298 e. The third kappa shape index (κ3) is 1.94. The number of benzene rings is 1. The molecule has 74 valence electrons. The van der Waals surface area contributed by atoms with Crippen LogP contribution in [0.4, 0.5) is 0 Å². The predicted molar refractivity (Wildman–Crippen MR) is 61.5 cm³/mol. The lowest BCUT2D eigenvalue weighted by atomic mass is 10.1. The lowest BCUT2D eigenvalue weighted by molar-refractivity contribution is -0.104. The molecule has 2 nitrogen and oxygen atoms in total. The molecule has 2 aromatic rings. The van der Waals surface area contributed by atoms with Crippen molar-refractivity contribution in [1.82, 2.24) is 4.98 Å². The lowest BCUT2D eigenvalue weighted by Gasteiger charge is -2.00. The van der Waals surface area contributed by atoms with Gasteiger partial charge in [0.05, 0.1) is 5.52 Å². The Balaban J connectivity index is 2.66. The van der Waals surface area contributed by atoms with E-state index >= 15 is 0 Å². The van der Waals surface area contributed by atoms with E-state index in [0.717, 1.165) is 22.8 Å². The minimum atomic E-state index is 0.714. The monoisotopic (exact) mass is 197 g/mol. The summed E-state index contributed by atoms with van der Waals surface area (Å²) in [4.78, 5) is 14.8. The number of aldehydes is 1. The van der Waals surface area contributed by atoms with Crippen LogP contribution >= 0.6 is 0 Å². The SMILES string of the molecule is C/C(C=O)=C\c1ccnc2ccccc12. The average molecular weight is 197 g/mol. The molecule has 0 N–H and O–H groups in total. The Morgan fingerprint density at radius 1 is 1.27 bits per heavy atom. The summed E-state index contributed by atoms with van der Waals surface area (Å²) in [5, 5.41) is 1.07. The van der Waals surface area contributed by atoms with Gasteiger partial charge in [-0.2, -0.15) is 0 Å². The Labute approximate surface area is 88.3 Å². The third-order valence-corrected chi connectivity index (χ3v) is 2.25. The molecule has 1 aromatic carbocycles. The van der Waals surface area contributed by atoms with E-state index < -0.39 is 0 Å². The van der Waals surface area contributed by atoms with Crippen LogP contribution in [-0.2, 0) is 4.79 Å². The van der Waals surface area contributed by atoms with Crippen molar-refractivity contribution in [3.05, 3.63) is 47.7 Å². The number of aromatic nitrogens is 1. The molecule has 0 radical (unpaired) electrons. The first-order valence-electron chi connectivity index (χ1n) is 4.78. The van der Waals surface area contributed by atoms with E-state index in [4.69, 9.17) is 0 Å². The number of hydrogen-bond acceptors (Lipinski definition) is 2. The van der Waals surface area contributed by atoms with Crippen molar-refractivity contribution in [1.29, 1.82) is 0 Å². The minimum Gasteiger partial charge on any atom is -0.298 e. The van der Waals surface area contributed by atoms with Gasteiger partial charge in [0.15, 0.2) is 0 Å². The fourth-order valence-corrected chi connectivity index (χ4v) is 1.52. The van der Waals surface area contributed by atoms with Gasteiger partial charge < -0.3 is 0 Å². The van der Waals surface area contributed by atoms with Crippen LogP contribution in [0.3, 0.4) is 0 Å². The van der Waals surface area contributed by atoms with Crippen LogP contribution in [0.5, 0.6) is 0 Å². The van der Waals surface area contributed by atoms with Gasteiger partial charge in [-0.1, -0.05) is 18.2 Å². The fraction of sp³-hybridized carbons (Fsp3) is 0.0769. The second-order valence-electron chi connectivity index (χ2n) is 3.42. The van der Waals surface area contributed by atoms with Crippen LogP contribution in [0, 0.1) is 0 Å². The van der Waals surface area contributed by atoms with Crippen molar-refractivity contribution in [3.8, 4) is 0 Å². The normalized spacial score (nSPS) is 11.7. The van der Waals surface area contributed by atoms with Crippen molar-refractivity contribution >= 4 is 23.3 Å². The summed E-state index contributed by atoms with van der Waals surface area (Å²) in [6.07, 6.45) is 4.48. The number of para-hydroxylation sites is 1. The van der Waals surface area contributed by atoms with E-state index in [0.29, 0.717) is 5.57 Å². The van der Waals surface area contributed by atoms with Crippen molar-refractivity contribution < 1.29 is 4.79 Å². The number of allylic oxidation sites excluding steroid dienone is 1. The van der Waals surface area contributed by atoms with Gasteiger partial charge in [0.2, 0.25) is 0 Å². The maximum Gasteiger partial charge on any atom is 0.145 e. The molecule has 0 aliphatic heterocycles. The average Bonchev–Trinajstić information content (AvgIpc) is 2.29. The molecule has 0 aliphatic rings. The fourth-order valence-electron chi connectivity index (χ4n) is 1.52. The Morgan fingerprint density at radius 3 is 2.87 bits per heavy atom. The maximum atomic E-state index is 10.6. The van der Waals surface area contributed by atoms with Gasteiger partial charge in [-0.05, 0) is 36.3 Å². The zero-order valence-electron chi connectivity index (χ0n) is 8.47. The van der Waals surface area contributed by atoms with E-state index in [9.17, 15) is 4.79 Å². The van der Waals surface area contributed by atoms with Crippen LogP contribution < -0.4 is 0 Å². The van der Waals surface area contributed by atoms with Gasteiger partial charge in [-0.25, -0.2) is 0 Å². The Morgan fingerprint density at radius 2 is 2.07 bits per heavy atom. The molecule has 1 heterocycles. The van der Waals surface area contributed by atoms with Crippen LogP contribution in [0.25, 0.3) is 17.0 Å². The van der Waals surface area contributed by atoms with E-state index in [1.807, 2.05) is 36.4 Å². The number of fused-ring (bicyclic) bond motifs is 1. The summed E-state index contributed by atoms with van der Waals surface area (Å²) in [6, 6.07) is 9.80. The highest BCUT2D eigenvalue weighted by molar-refractivity contribution is 5.91. The topological polar surface area (TPSA) is 30.0 Å². The van der Waals surface area contributed by atoms with Gasteiger partial charge >= 0.3 is 0 Å². The Bertz CT molecular complexity index is 524. The van der Waals surface area contributed by atoms with Gasteiger partial charge in [0.25, 0.3) is 0 Å². The number of hydrogen-bond donors (Lipinski definition) is 0. The molecule has 0 fully saturated rings. The number of rotatable bonds is 2. The van der Waals surface area contributed by atoms with Crippen LogP contribution in [0.15, 0.2) is 42.1 Å². The Kier molecular flexibility index (Phi) is 2.59. The molecule has 0 aliphatic carbocycles. The van der Waals surface area contributed by atoms with E-state index in [1.54, 1.807) is 13.1 Å². The van der Waals surface area contributed by atoms with Gasteiger partial charge in [0.1, 0.15) is 6.29 Å². The lowest BCUT2D eigenvalue weighted by Crippen LogP contribution is -1.83. The minimum absolute atomic E-state index is 0.714. The van der Waals surface area contributed by atoms with Crippen LogP contribution in [-0.4, -0.2) is 11.3 Å². The highest BCUT2D eigenvalue weighted by Crippen LogP contribution is 2.18. The standard InChI is InChI=1S/C13H11NO/c1-10(9-15)8-11-6-7-14-13-5-3-2-4-12(11)13/h2-9H,1H3/b10-8+. The second kappa shape index (κ2) is 4.05. The number of nitrogens with zero attached hydrogens (tertiary/aromatic N) is 1. The molecule has 0 saturated heterocycles. The molecule has 0 atom stereocenters. The first-order chi connectivity index (χ1) is 7.31. The maximum absolute atomic E-state index is 10.6. The number of carbonyl (C=O) groups excluding carboxylic acids is 1. The van der Waals surface area contributed by atoms with Crippen molar-refractivity contribution in [3.63, 3.8) is 0 Å². The second-order valence-corrected chi connectivity index (χ2v) is 3.42. The zero-order chi connectivity index (χ0) is 10.7.